The minimum absolute atomic E-state index is 0.0816. The van der Waals surface area contributed by atoms with Crippen LogP contribution in [-0.2, 0) is 11.3 Å². The van der Waals surface area contributed by atoms with E-state index in [1.54, 1.807) is 12.1 Å². The maximum Gasteiger partial charge on any atom is 0.226 e. The smallest absolute Gasteiger partial charge is 0.226 e. The van der Waals surface area contributed by atoms with E-state index in [9.17, 15) is 9.18 Å². The first-order valence-corrected chi connectivity index (χ1v) is 8.89. The number of hydrazine groups is 1. The molecule has 0 aliphatic carbocycles. The molecule has 1 fully saturated rings. The van der Waals surface area contributed by atoms with Gasteiger partial charge in [0.1, 0.15) is 11.6 Å². The van der Waals surface area contributed by atoms with Gasteiger partial charge in [0, 0.05) is 13.1 Å². The molecule has 1 aliphatic rings. The molecule has 0 aromatic heterocycles. The van der Waals surface area contributed by atoms with Crippen molar-refractivity contribution in [3.63, 3.8) is 0 Å². The van der Waals surface area contributed by atoms with E-state index < -0.39 is 0 Å². The Hall–Kier alpha value is -2.15. The van der Waals surface area contributed by atoms with E-state index in [-0.39, 0.29) is 23.7 Å². The highest BCUT2D eigenvalue weighted by Crippen LogP contribution is 2.32. The molecule has 3 N–H and O–H groups in total. The quantitative estimate of drug-likeness (QED) is 0.724. The first-order chi connectivity index (χ1) is 12.6. The SMILES string of the molecule is CCOc1ccc(C2NNCC2C(=O)NCc2ccc(F)cc2)cc1Cl. The van der Waals surface area contributed by atoms with Gasteiger partial charge in [-0.2, -0.15) is 0 Å². The molecule has 2 aromatic carbocycles. The molecule has 1 aliphatic heterocycles. The lowest BCUT2D eigenvalue weighted by atomic mass is 9.94. The molecule has 5 nitrogen and oxygen atoms in total. The van der Waals surface area contributed by atoms with Gasteiger partial charge in [0.25, 0.3) is 0 Å². The molecule has 3 rings (SSSR count). The van der Waals surface area contributed by atoms with Crippen LogP contribution in [0.3, 0.4) is 0 Å². The molecule has 2 aromatic rings. The minimum Gasteiger partial charge on any atom is -0.492 e. The second-order valence-corrected chi connectivity index (χ2v) is 6.48. The summed E-state index contributed by atoms with van der Waals surface area (Å²) in [5.74, 6) is -0.0378. The molecule has 2 atom stereocenters. The second kappa shape index (κ2) is 8.49. The Bertz CT molecular complexity index is 770. The average molecular weight is 378 g/mol. The number of rotatable bonds is 6. The van der Waals surface area contributed by atoms with Gasteiger partial charge >= 0.3 is 0 Å². The van der Waals surface area contributed by atoms with Crippen molar-refractivity contribution < 1.29 is 13.9 Å². The topological polar surface area (TPSA) is 62.4 Å². The van der Waals surface area contributed by atoms with E-state index in [0.29, 0.717) is 30.5 Å². The predicted molar refractivity (Wildman–Crippen MR) is 98.2 cm³/mol. The zero-order valence-electron chi connectivity index (χ0n) is 14.4. The van der Waals surface area contributed by atoms with Crippen LogP contribution in [0.1, 0.15) is 24.1 Å². The van der Waals surface area contributed by atoms with Gasteiger partial charge in [0.2, 0.25) is 5.91 Å². The van der Waals surface area contributed by atoms with Gasteiger partial charge in [-0.3, -0.25) is 10.2 Å². The van der Waals surface area contributed by atoms with Crippen LogP contribution in [0.25, 0.3) is 0 Å². The Morgan fingerprint density at radius 1 is 1.31 bits per heavy atom. The Balaban J connectivity index is 1.66. The number of halogens is 2. The Morgan fingerprint density at radius 3 is 2.77 bits per heavy atom. The number of amides is 1. The zero-order valence-corrected chi connectivity index (χ0v) is 15.1. The fraction of sp³-hybridized carbons (Fsp3) is 0.316. The third kappa shape index (κ3) is 4.33. The third-order valence-corrected chi connectivity index (χ3v) is 4.61. The summed E-state index contributed by atoms with van der Waals surface area (Å²) in [5, 5.41) is 3.42. The van der Waals surface area contributed by atoms with Gasteiger partial charge in [0.15, 0.2) is 0 Å². The normalized spacial score (nSPS) is 19.3. The lowest BCUT2D eigenvalue weighted by molar-refractivity contribution is -0.125. The standard InChI is InChI=1S/C19H21ClFN3O2/c1-2-26-17-8-5-13(9-16(17)20)18-15(11-23-24-18)19(25)22-10-12-3-6-14(21)7-4-12/h3-9,15,18,23-24H,2,10-11H2,1H3,(H,22,25). The Labute approximate surface area is 156 Å². The minimum atomic E-state index is -0.295. The number of carbonyl (C=O) groups is 1. The second-order valence-electron chi connectivity index (χ2n) is 6.08. The van der Waals surface area contributed by atoms with Gasteiger partial charge in [-0.1, -0.05) is 29.8 Å². The van der Waals surface area contributed by atoms with E-state index in [2.05, 4.69) is 16.2 Å². The highest BCUT2D eigenvalue weighted by Gasteiger charge is 2.34. The van der Waals surface area contributed by atoms with Crippen LogP contribution < -0.4 is 20.9 Å². The summed E-state index contributed by atoms with van der Waals surface area (Å²) < 4.78 is 18.4. The maximum atomic E-state index is 13.0. The highest BCUT2D eigenvalue weighted by molar-refractivity contribution is 6.32. The largest absolute Gasteiger partial charge is 0.492 e. The number of carbonyl (C=O) groups excluding carboxylic acids is 1. The van der Waals surface area contributed by atoms with E-state index >= 15 is 0 Å². The number of hydrogen-bond donors (Lipinski definition) is 3. The van der Waals surface area contributed by atoms with Crippen molar-refractivity contribution in [1.29, 1.82) is 0 Å². The molecule has 0 spiro atoms. The molecule has 1 heterocycles. The molecule has 1 amide bonds. The Kier molecular flexibility index (Phi) is 6.08. The van der Waals surface area contributed by atoms with Crippen LogP contribution in [0, 0.1) is 11.7 Å². The molecule has 1 saturated heterocycles. The molecule has 2 unspecified atom stereocenters. The average Bonchev–Trinajstić information content (AvgIpc) is 3.13. The first kappa shape index (κ1) is 18.6. The molecular weight excluding hydrogens is 357 g/mol. The van der Waals surface area contributed by atoms with Crippen LogP contribution >= 0.6 is 11.6 Å². The Morgan fingerprint density at radius 2 is 2.08 bits per heavy atom. The van der Waals surface area contributed by atoms with Crippen LogP contribution in [0.4, 0.5) is 4.39 Å². The summed E-state index contributed by atoms with van der Waals surface area (Å²) in [7, 11) is 0. The van der Waals surface area contributed by atoms with Gasteiger partial charge in [-0.05, 0) is 42.3 Å². The van der Waals surface area contributed by atoms with Crippen molar-refractivity contribution in [1.82, 2.24) is 16.2 Å². The van der Waals surface area contributed by atoms with Crippen molar-refractivity contribution >= 4 is 17.5 Å². The zero-order chi connectivity index (χ0) is 18.5. The van der Waals surface area contributed by atoms with Crippen LogP contribution in [0.2, 0.25) is 5.02 Å². The molecule has 7 heteroatoms. The summed E-state index contributed by atoms with van der Waals surface area (Å²) in [4.78, 5) is 12.6. The van der Waals surface area contributed by atoms with Crippen molar-refractivity contribution in [2.24, 2.45) is 5.92 Å². The van der Waals surface area contributed by atoms with Crippen molar-refractivity contribution in [2.45, 2.75) is 19.5 Å². The highest BCUT2D eigenvalue weighted by atomic mass is 35.5. The van der Waals surface area contributed by atoms with Gasteiger partial charge in [0.05, 0.1) is 23.6 Å². The summed E-state index contributed by atoms with van der Waals surface area (Å²) >= 11 is 6.26. The first-order valence-electron chi connectivity index (χ1n) is 8.51. The van der Waals surface area contributed by atoms with E-state index in [1.165, 1.54) is 12.1 Å². The van der Waals surface area contributed by atoms with Gasteiger partial charge < -0.3 is 10.1 Å². The number of benzene rings is 2. The summed E-state index contributed by atoms with van der Waals surface area (Å²) in [6, 6.07) is 11.4. The fourth-order valence-electron chi connectivity index (χ4n) is 2.96. The number of nitrogens with one attached hydrogen (secondary N) is 3. The molecular formula is C19H21ClFN3O2. The van der Waals surface area contributed by atoms with Crippen molar-refractivity contribution in [3.05, 3.63) is 64.4 Å². The fourth-order valence-corrected chi connectivity index (χ4v) is 3.21. The third-order valence-electron chi connectivity index (χ3n) is 4.31. The van der Waals surface area contributed by atoms with Crippen LogP contribution in [-0.4, -0.2) is 19.1 Å². The summed E-state index contributed by atoms with van der Waals surface area (Å²) in [6.45, 7) is 3.29. The monoisotopic (exact) mass is 377 g/mol. The van der Waals surface area contributed by atoms with Crippen molar-refractivity contribution in [2.75, 3.05) is 13.2 Å². The number of hydrogen-bond acceptors (Lipinski definition) is 4. The molecule has 0 saturated carbocycles. The van der Waals surface area contributed by atoms with Gasteiger partial charge in [-0.15, -0.1) is 0 Å². The predicted octanol–water partition coefficient (Wildman–Crippen LogP) is 2.96. The molecule has 0 bridgehead atoms. The van der Waals surface area contributed by atoms with E-state index in [4.69, 9.17) is 16.3 Å². The lowest BCUT2D eigenvalue weighted by Gasteiger charge is -2.19. The van der Waals surface area contributed by atoms with E-state index in [0.717, 1.165) is 11.1 Å². The van der Waals surface area contributed by atoms with E-state index in [1.807, 2.05) is 25.1 Å². The van der Waals surface area contributed by atoms with Crippen molar-refractivity contribution in [3.8, 4) is 5.75 Å². The molecule has 26 heavy (non-hydrogen) atoms. The summed E-state index contributed by atoms with van der Waals surface area (Å²) in [5.41, 5.74) is 7.91. The molecule has 138 valence electrons. The number of ether oxygens (including phenoxy) is 1. The van der Waals surface area contributed by atoms with Crippen LogP contribution in [0.5, 0.6) is 5.75 Å². The molecule has 0 radical (unpaired) electrons. The summed E-state index contributed by atoms with van der Waals surface area (Å²) in [6.07, 6.45) is 0. The van der Waals surface area contributed by atoms with Gasteiger partial charge in [-0.25, -0.2) is 9.82 Å². The lowest BCUT2D eigenvalue weighted by Crippen LogP contribution is -2.34. The van der Waals surface area contributed by atoms with Crippen LogP contribution in [0.15, 0.2) is 42.5 Å². The maximum absolute atomic E-state index is 13.0.